The molecule has 3 saturated heterocycles. The van der Waals surface area contributed by atoms with Crippen molar-refractivity contribution in [2.75, 3.05) is 13.1 Å². The van der Waals surface area contributed by atoms with Crippen molar-refractivity contribution in [1.82, 2.24) is 4.98 Å². The number of hydrogen-bond donors (Lipinski definition) is 1. The lowest BCUT2D eigenvalue weighted by molar-refractivity contribution is -0.984. The van der Waals surface area contributed by atoms with E-state index in [1.54, 1.807) is 0 Å². The first-order chi connectivity index (χ1) is 24.7. The number of rotatable bonds is 8. The number of aromatic nitrogens is 1. The van der Waals surface area contributed by atoms with Crippen molar-refractivity contribution in [3.8, 4) is 33.5 Å². The highest BCUT2D eigenvalue weighted by Gasteiger charge is 2.54. The van der Waals surface area contributed by atoms with Gasteiger partial charge in [-0.25, -0.2) is 4.98 Å². The Balaban J connectivity index is 1.22. The van der Waals surface area contributed by atoms with E-state index in [4.69, 9.17) is 4.98 Å². The van der Waals surface area contributed by atoms with Crippen LogP contribution in [0.4, 0.5) is 13.2 Å². The summed E-state index contributed by atoms with van der Waals surface area (Å²) >= 11 is 0. The molecule has 0 aliphatic carbocycles. The topological polar surface area (TPSA) is 33.1 Å². The number of halogens is 3. The summed E-state index contributed by atoms with van der Waals surface area (Å²) in [6.45, 7) is 6.83. The molecular weight excluding hydrogens is 642 g/mol. The number of aliphatic hydroxyl groups excluding tert-OH is 1. The van der Waals surface area contributed by atoms with Gasteiger partial charge in [0.25, 0.3) is 0 Å². The van der Waals surface area contributed by atoms with Gasteiger partial charge in [-0.1, -0.05) is 97.1 Å². The molecule has 6 heteroatoms. The third-order valence-corrected chi connectivity index (χ3v) is 11.3. The molecule has 256 valence electrons. The molecule has 1 N–H and O–H groups in total. The predicted octanol–water partition coefficient (Wildman–Crippen LogP) is 10.9. The van der Waals surface area contributed by atoms with Gasteiger partial charge in [-0.05, 0) is 76.2 Å². The van der Waals surface area contributed by atoms with E-state index in [2.05, 4.69) is 79.4 Å². The van der Waals surface area contributed by atoms with E-state index >= 15 is 0 Å². The predicted molar refractivity (Wildman–Crippen MR) is 198 cm³/mol. The minimum Gasteiger partial charge on any atom is -0.382 e. The van der Waals surface area contributed by atoms with E-state index in [9.17, 15) is 18.3 Å². The van der Waals surface area contributed by atoms with Gasteiger partial charge in [0, 0.05) is 35.3 Å². The number of piperidine rings is 3. The number of alkyl halides is 3. The standard InChI is InChI=1S/C45H40F3N2O/c1-2-31-29-50(28-30-23-36(32-11-5-3-6-12-32)25-37(24-30)33-13-7-4-8-14-33)22-21-35(31)26-43(50)44(51)40-27-42(49-41-16-10-9-15-39(40)41)34-17-19-38(20-18-34)45(46,47)48/h2-20,23-25,27,31,35,43-44,51H,1,21-22,26,28-29H2/q+1/t31?,35?,43?,44-,50?/m0/s1. The van der Waals surface area contributed by atoms with Gasteiger partial charge in [0.1, 0.15) is 18.7 Å². The number of hydrogen-bond acceptors (Lipinski definition) is 2. The van der Waals surface area contributed by atoms with Crippen molar-refractivity contribution in [3.05, 3.63) is 163 Å². The number of quaternary nitrogens is 1. The fraction of sp³-hybridized carbons (Fsp3) is 0.222. The molecule has 3 aliphatic heterocycles. The van der Waals surface area contributed by atoms with Crippen molar-refractivity contribution in [2.24, 2.45) is 11.8 Å². The van der Waals surface area contributed by atoms with Gasteiger partial charge in [0.15, 0.2) is 0 Å². The van der Waals surface area contributed by atoms with Gasteiger partial charge in [-0.3, -0.25) is 0 Å². The molecule has 0 amide bonds. The molecule has 5 aromatic carbocycles. The van der Waals surface area contributed by atoms with E-state index in [0.29, 0.717) is 28.6 Å². The van der Waals surface area contributed by atoms with Crippen LogP contribution in [-0.2, 0) is 12.7 Å². The molecule has 0 saturated carbocycles. The average molecular weight is 682 g/mol. The highest BCUT2D eigenvalue weighted by molar-refractivity contribution is 5.85. The van der Waals surface area contributed by atoms with Gasteiger partial charge in [-0.2, -0.15) is 13.2 Å². The zero-order valence-electron chi connectivity index (χ0n) is 28.3. The Kier molecular flexibility index (Phi) is 8.61. The molecule has 6 aromatic rings. The van der Waals surface area contributed by atoms with E-state index in [1.165, 1.54) is 17.7 Å². The summed E-state index contributed by atoms with van der Waals surface area (Å²) in [7, 11) is 0. The maximum Gasteiger partial charge on any atom is 0.416 e. The minimum absolute atomic E-state index is 0.0910. The van der Waals surface area contributed by atoms with Crippen LogP contribution in [-0.4, -0.2) is 33.7 Å². The maximum absolute atomic E-state index is 13.4. The van der Waals surface area contributed by atoms with E-state index in [0.717, 1.165) is 82.3 Å². The fourth-order valence-corrected chi connectivity index (χ4v) is 8.75. The molecule has 9 rings (SSSR count). The smallest absolute Gasteiger partial charge is 0.382 e. The van der Waals surface area contributed by atoms with E-state index in [1.807, 2.05) is 42.5 Å². The highest BCUT2D eigenvalue weighted by atomic mass is 19.4. The Morgan fingerprint density at radius 1 is 0.765 bits per heavy atom. The summed E-state index contributed by atoms with van der Waals surface area (Å²) < 4.78 is 40.9. The first-order valence-electron chi connectivity index (χ1n) is 17.7. The summed E-state index contributed by atoms with van der Waals surface area (Å²) in [6, 6.07) is 42.5. The second kappa shape index (κ2) is 13.3. The summed E-state index contributed by atoms with van der Waals surface area (Å²) in [5.41, 5.74) is 7.77. The van der Waals surface area contributed by atoms with Gasteiger partial charge < -0.3 is 9.59 Å². The Labute approximate surface area is 296 Å². The van der Waals surface area contributed by atoms with Crippen molar-refractivity contribution in [3.63, 3.8) is 0 Å². The zero-order valence-corrected chi connectivity index (χ0v) is 28.3. The van der Waals surface area contributed by atoms with E-state index in [-0.39, 0.29) is 6.04 Å². The first kappa shape index (κ1) is 33.1. The van der Waals surface area contributed by atoms with Crippen LogP contribution in [0.25, 0.3) is 44.4 Å². The number of fused-ring (bicyclic) bond motifs is 4. The largest absolute Gasteiger partial charge is 0.416 e. The van der Waals surface area contributed by atoms with Gasteiger partial charge in [0.2, 0.25) is 0 Å². The first-order valence-corrected chi connectivity index (χ1v) is 17.7. The van der Waals surface area contributed by atoms with Gasteiger partial charge in [-0.15, -0.1) is 6.58 Å². The highest BCUT2D eigenvalue weighted by Crippen LogP contribution is 2.49. The quantitative estimate of drug-likeness (QED) is 0.128. The SMILES string of the molecule is C=CC1C[N+]2(Cc3cc(-c4ccccc4)cc(-c4ccccc4)c3)CCC1CC2[C@@H](O)c1cc(-c2ccc(C(F)(F)F)cc2)nc2ccccc12. The molecule has 5 atom stereocenters. The van der Waals surface area contributed by atoms with Crippen LogP contribution in [0.15, 0.2) is 146 Å². The van der Waals surface area contributed by atoms with Crippen molar-refractivity contribution in [1.29, 1.82) is 0 Å². The molecule has 1 aromatic heterocycles. The second-order valence-corrected chi connectivity index (χ2v) is 14.3. The van der Waals surface area contributed by atoms with Crippen LogP contribution in [0.2, 0.25) is 0 Å². The molecular formula is C45H40F3N2O+. The van der Waals surface area contributed by atoms with Crippen LogP contribution < -0.4 is 0 Å². The molecule has 4 unspecified atom stereocenters. The van der Waals surface area contributed by atoms with Gasteiger partial charge in [0.05, 0.1) is 29.9 Å². The van der Waals surface area contributed by atoms with Crippen LogP contribution in [0, 0.1) is 11.8 Å². The third-order valence-electron chi connectivity index (χ3n) is 11.3. The van der Waals surface area contributed by atoms with E-state index < -0.39 is 17.8 Å². The molecule has 0 radical (unpaired) electrons. The normalized spacial score (nSPS) is 22.2. The van der Waals surface area contributed by atoms with Gasteiger partial charge >= 0.3 is 6.18 Å². The minimum atomic E-state index is -4.42. The Hall–Kier alpha value is -5.04. The molecule has 3 aliphatic rings. The Morgan fingerprint density at radius 2 is 1.39 bits per heavy atom. The van der Waals surface area contributed by atoms with Crippen LogP contribution in [0.1, 0.15) is 35.6 Å². The number of benzene rings is 5. The maximum atomic E-state index is 13.4. The lowest BCUT2D eigenvalue weighted by Crippen LogP contribution is -2.67. The molecule has 51 heavy (non-hydrogen) atoms. The number of aliphatic hydroxyl groups is 1. The summed E-state index contributed by atoms with van der Waals surface area (Å²) in [5.74, 6) is 0.783. The van der Waals surface area contributed by atoms with Crippen molar-refractivity contribution < 1.29 is 22.8 Å². The molecule has 4 heterocycles. The lowest BCUT2D eigenvalue weighted by atomic mass is 9.71. The second-order valence-electron chi connectivity index (χ2n) is 14.3. The lowest BCUT2D eigenvalue weighted by Gasteiger charge is -2.58. The number of pyridine rings is 1. The zero-order chi connectivity index (χ0) is 35.2. The Bertz CT molecular complexity index is 2120. The van der Waals surface area contributed by atoms with Crippen molar-refractivity contribution in [2.45, 2.75) is 37.7 Å². The molecule has 3 fully saturated rings. The molecule has 2 bridgehead atoms. The summed E-state index contributed by atoms with van der Waals surface area (Å²) in [4.78, 5) is 4.85. The van der Waals surface area contributed by atoms with Crippen LogP contribution >= 0.6 is 0 Å². The third kappa shape index (κ3) is 6.39. The van der Waals surface area contributed by atoms with Crippen LogP contribution in [0.3, 0.4) is 0 Å². The molecule has 3 nitrogen and oxygen atoms in total. The summed E-state index contributed by atoms with van der Waals surface area (Å²) in [5, 5.41) is 13.5. The Morgan fingerprint density at radius 3 is 2.02 bits per heavy atom. The number of nitrogens with zero attached hydrogens (tertiary/aromatic N) is 2. The van der Waals surface area contributed by atoms with Crippen molar-refractivity contribution >= 4 is 10.9 Å². The van der Waals surface area contributed by atoms with Crippen LogP contribution in [0.5, 0.6) is 0 Å². The average Bonchev–Trinajstić information content (AvgIpc) is 3.17. The summed E-state index contributed by atoms with van der Waals surface area (Å²) in [6.07, 6.45) is -1.20. The number of para-hydroxylation sites is 1. The molecule has 0 spiro atoms. The monoisotopic (exact) mass is 681 g/mol. The fourth-order valence-electron chi connectivity index (χ4n) is 8.75.